The summed E-state index contributed by atoms with van der Waals surface area (Å²) in [5, 5.41) is 0. The molecule has 0 N–H and O–H groups in total. The van der Waals surface area contributed by atoms with Gasteiger partial charge in [0.05, 0.1) is 22.4 Å². The SMILES string of the molecule is C/C=C/c1scnc1C.C/C=C/c1scnc1C. The third-order valence-corrected chi connectivity index (χ3v) is 3.99. The van der Waals surface area contributed by atoms with Crippen LogP contribution in [0.1, 0.15) is 35.0 Å². The van der Waals surface area contributed by atoms with E-state index >= 15 is 0 Å². The normalized spacial score (nSPS) is 10.9. The Morgan fingerprint density at radius 2 is 1.22 bits per heavy atom. The van der Waals surface area contributed by atoms with Crippen LogP contribution >= 0.6 is 22.7 Å². The molecule has 2 heterocycles. The van der Waals surface area contributed by atoms with Crippen LogP contribution in [-0.4, -0.2) is 9.97 Å². The summed E-state index contributed by atoms with van der Waals surface area (Å²) in [5.74, 6) is 0. The van der Waals surface area contributed by atoms with E-state index in [-0.39, 0.29) is 0 Å². The fourth-order valence-electron chi connectivity index (χ4n) is 1.24. The van der Waals surface area contributed by atoms with Gasteiger partial charge in [-0.1, -0.05) is 12.2 Å². The molecule has 0 bridgehead atoms. The van der Waals surface area contributed by atoms with Crippen molar-refractivity contribution >= 4 is 34.8 Å². The molecule has 0 aliphatic rings. The number of nitrogens with zero attached hydrogens (tertiary/aromatic N) is 2. The number of aromatic nitrogens is 2. The molecule has 0 spiro atoms. The maximum Gasteiger partial charge on any atom is 0.0801 e. The van der Waals surface area contributed by atoms with Crippen LogP contribution in [-0.2, 0) is 0 Å². The van der Waals surface area contributed by atoms with Crippen molar-refractivity contribution in [2.45, 2.75) is 27.7 Å². The number of hydrogen-bond acceptors (Lipinski definition) is 4. The lowest BCUT2D eigenvalue weighted by molar-refractivity contribution is 1.26. The van der Waals surface area contributed by atoms with Crippen molar-refractivity contribution in [3.63, 3.8) is 0 Å². The Hall–Kier alpha value is -1.26. The van der Waals surface area contributed by atoms with E-state index in [0.29, 0.717) is 0 Å². The second-order valence-corrected chi connectivity index (χ2v) is 5.38. The number of aryl methyl sites for hydroxylation is 2. The van der Waals surface area contributed by atoms with E-state index in [1.165, 1.54) is 9.75 Å². The molecule has 0 aliphatic heterocycles. The fourth-order valence-corrected chi connectivity index (χ4v) is 2.77. The molecule has 2 nitrogen and oxygen atoms in total. The Morgan fingerprint density at radius 1 is 0.833 bits per heavy atom. The minimum atomic E-state index is 1.12. The number of thiazole rings is 2. The second-order valence-electron chi connectivity index (χ2n) is 3.60. The molecular weight excluding hydrogens is 260 g/mol. The van der Waals surface area contributed by atoms with Crippen molar-refractivity contribution in [2.24, 2.45) is 0 Å². The van der Waals surface area contributed by atoms with E-state index in [4.69, 9.17) is 0 Å². The molecule has 2 aromatic heterocycles. The third-order valence-electron chi connectivity index (χ3n) is 2.20. The van der Waals surface area contributed by atoms with Crippen LogP contribution in [0.5, 0.6) is 0 Å². The Balaban J connectivity index is 0.000000180. The van der Waals surface area contributed by atoms with E-state index in [1.54, 1.807) is 22.7 Å². The summed E-state index contributed by atoms with van der Waals surface area (Å²) in [6.07, 6.45) is 8.21. The van der Waals surface area contributed by atoms with E-state index in [1.807, 2.05) is 50.9 Å². The number of rotatable bonds is 2. The van der Waals surface area contributed by atoms with E-state index in [9.17, 15) is 0 Å². The van der Waals surface area contributed by atoms with Gasteiger partial charge in [0.1, 0.15) is 0 Å². The molecule has 2 aromatic rings. The van der Waals surface area contributed by atoms with Crippen LogP contribution < -0.4 is 0 Å². The highest BCUT2D eigenvalue weighted by molar-refractivity contribution is 7.11. The van der Waals surface area contributed by atoms with Crippen LogP contribution in [0, 0.1) is 13.8 Å². The Kier molecular flexibility index (Phi) is 6.54. The highest BCUT2D eigenvalue weighted by atomic mass is 32.1. The molecule has 0 aromatic carbocycles. The predicted octanol–water partition coefficient (Wildman–Crippen LogP) is 4.97. The quantitative estimate of drug-likeness (QED) is 0.775. The first-order chi connectivity index (χ1) is 8.69. The van der Waals surface area contributed by atoms with Crippen molar-refractivity contribution in [3.8, 4) is 0 Å². The Labute approximate surface area is 117 Å². The van der Waals surface area contributed by atoms with Crippen LogP contribution in [0.3, 0.4) is 0 Å². The number of allylic oxidation sites excluding steroid dienone is 2. The van der Waals surface area contributed by atoms with Gasteiger partial charge < -0.3 is 0 Å². The van der Waals surface area contributed by atoms with Crippen LogP contribution in [0.4, 0.5) is 0 Å². The highest BCUT2D eigenvalue weighted by Crippen LogP contribution is 2.13. The van der Waals surface area contributed by atoms with Gasteiger partial charge >= 0.3 is 0 Å². The molecule has 0 radical (unpaired) electrons. The van der Waals surface area contributed by atoms with Crippen molar-refractivity contribution in [1.29, 1.82) is 0 Å². The average Bonchev–Trinajstić information content (AvgIpc) is 2.92. The predicted molar refractivity (Wildman–Crippen MR) is 83.1 cm³/mol. The van der Waals surface area contributed by atoms with Gasteiger partial charge in [0, 0.05) is 9.75 Å². The minimum absolute atomic E-state index is 1.12. The Morgan fingerprint density at radius 3 is 1.44 bits per heavy atom. The monoisotopic (exact) mass is 278 g/mol. The van der Waals surface area contributed by atoms with Gasteiger partial charge in [-0.2, -0.15) is 0 Å². The maximum atomic E-state index is 4.10. The summed E-state index contributed by atoms with van der Waals surface area (Å²) >= 11 is 3.35. The van der Waals surface area contributed by atoms with E-state index < -0.39 is 0 Å². The van der Waals surface area contributed by atoms with Gasteiger partial charge in [-0.15, -0.1) is 22.7 Å². The van der Waals surface area contributed by atoms with Crippen LogP contribution in [0.15, 0.2) is 23.2 Å². The summed E-state index contributed by atoms with van der Waals surface area (Å²) in [6.45, 7) is 8.07. The van der Waals surface area contributed by atoms with Crippen LogP contribution in [0.2, 0.25) is 0 Å². The molecule has 4 heteroatoms. The molecule has 0 atom stereocenters. The maximum absolute atomic E-state index is 4.10. The molecule has 18 heavy (non-hydrogen) atoms. The summed E-state index contributed by atoms with van der Waals surface area (Å²) in [4.78, 5) is 10.7. The van der Waals surface area contributed by atoms with Gasteiger partial charge in [-0.3, -0.25) is 0 Å². The average molecular weight is 278 g/mol. The fraction of sp³-hybridized carbons (Fsp3) is 0.286. The lowest BCUT2D eigenvalue weighted by Crippen LogP contribution is -1.70. The zero-order valence-corrected chi connectivity index (χ0v) is 12.8. The van der Waals surface area contributed by atoms with Crippen molar-refractivity contribution < 1.29 is 0 Å². The van der Waals surface area contributed by atoms with Crippen LogP contribution in [0.25, 0.3) is 12.2 Å². The lowest BCUT2D eigenvalue weighted by Gasteiger charge is -1.82. The van der Waals surface area contributed by atoms with E-state index in [0.717, 1.165) is 11.4 Å². The Bertz CT molecular complexity index is 473. The first-order valence-corrected chi connectivity index (χ1v) is 7.50. The molecule has 0 aliphatic carbocycles. The summed E-state index contributed by atoms with van der Waals surface area (Å²) in [7, 11) is 0. The smallest absolute Gasteiger partial charge is 0.0801 e. The largest absolute Gasteiger partial charge is 0.249 e. The highest BCUT2D eigenvalue weighted by Gasteiger charge is 1.93. The topological polar surface area (TPSA) is 25.8 Å². The molecule has 96 valence electrons. The first kappa shape index (κ1) is 14.8. The molecule has 0 amide bonds. The van der Waals surface area contributed by atoms with Gasteiger partial charge in [-0.25, -0.2) is 9.97 Å². The summed E-state index contributed by atoms with van der Waals surface area (Å²) in [5.41, 5.74) is 5.98. The van der Waals surface area contributed by atoms with Gasteiger partial charge in [-0.05, 0) is 39.8 Å². The molecule has 0 saturated heterocycles. The van der Waals surface area contributed by atoms with Gasteiger partial charge in [0.25, 0.3) is 0 Å². The third kappa shape index (κ3) is 4.55. The zero-order valence-electron chi connectivity index (χ0n) is 11.2. The van der Waals surface area contributed by atoms with Gasteiger partial charge in [0.2, 0.25) is 0 Å². The second kappa shape index (κ2) is 7.95. The molecule has 2 rings (SSSR count). The molecule has 0 saturated carbocycles. The summed E-state index contributed by atoms with van der Waals surface area (Å²) < 4.78 is 0. The van der Waals surface area contributed by atoms with Gasteiger partial charge in [0.15, 0.2) is 0 Å². The molecular formula is C14H18N2S2. The summed E-state index contributed by atoms with van der Waals surface area (Å²) in [6, 6.07) is 0. The van der Waals surface area contributed by atoms with E-state index in [2.05, 4.69) is 22.1 Å². The first-order valence-electron chi connectivity index (χ1n) is 5.74. The minimum Gasteiger partial charge on any atom is -0.249 e. The van der Waals surface area contributed by atoms with Crippen molar-refractivity contribution in [1.82, 2.24) is 9.97 Å². The van der Waals surface area contributed by atoms with Crippen molar-refractivity contribution in [3.05, 3.63) is 44.3 Å². The number of hydrogen-bond donors (Lipinski definition) is 0. The molecule has 0 fully saturated rings. The standard InChI is InChI=1S/2C7H9NS/c2*1-3-4-7-6(2)8-5-9-7/h2*3-5H,1-2H3/b2*4-3+. The lowest BCUT2D eigenvalue weighted by atomic mass is 10.4. The zero-order chi connectivity index (χ0) is 13.4. The van der Waals surface area contributed by atoms with Crippen molar-refractivity contribution in [2.75, 3.05) is 0 Å². The molecule has 0 unspecified atom stereocenters.